The maximum atomic E-state index is 13.1. The zero-order valence-corrected chi connectivity index (χ0v) is 26.8. The molecule has 2 N–H and O–H groups in total. The largest absolute Gasteiger partial charge is 0.400 e. The number of anilines is 2. The first kappa shape index (κ1) is 35.3. The first-order valence-electron chi connectivity index (χ1n) is 15.0. The van der Waals surface area contributed by atoms with Crippen molar-refractivity contribution in [2.75, 3.05) is 50.1 Å². The van der Waals surface area contributed by atoms with Gasteiger partial charge in [-0.2, -0.15) is 4.98 Å². The Balaban J connectivity index is 0.000000475. The van der Waals surface area contributed by atoms with Crippen molar-refractivity contribution < 1.29 is 28.0 Å². The van der Waals surface area contributed by atoms with E-state index < -0.39 is 17.0 Å². The van der Waals surface area contributed by atoms with Gasteiger partial charge in [-0.15, -0.1) is 0 Å². The van der Waals surface area contributed by atoms with Crippen LogP contribution in [0.15, 0.2) is 41.2 Å². The molecule has 1 atom stereocenters. The SMILES string of the molecule is CCc1noc(N2CCC(N(C)C(=O)c3cnc(N4CCC(NC(=O)C(C)(C)C)C4)nc3)CC2)n1.CO.Fc1ccc(F)cc1. The highest BCUT2D eigenvalue weighted by atomic mass is 19.1. The van der Waals surface area contributed by atoms with E-state index in [1.54, 1.807) is 17.3 Å². The number of hydrogen-bond acceptors (Lipinski definition) is 10. The Morgan fingerprint density at radius 1 is 1.00 bits per heavy atom. The fourth-order valence-corrected chi connectivity index (χ4v) is 4.82. The normalized spacial score (nSPS) is 16.7. The lowest BCUT2D eigenvalue weighted by Gasteiger charge is -2.35. The monoisotopic (exact) mass is 630 g/mol. The number of nitrogens with one attached hydrogen (secondary N) is 1. The van der Waals surface area contributed by atoms with Crippen LogP contribution in [0.1, 0.15) is 63.1 Å². The van der Waals surface area contributed by atoms with Crippen molar-refractivity contribution in [3.8, 4) is 0 Å². The third kappa shape index (κ3) is 9.90. The number of amides is 2. The Labute approximate surface area is 262 Å². The number of aromatic nitrogens is 4. The molecule has 0 spiro atoms. The van der Waals surface area contributed by atoms with Crippen molar-refractivity contribution in [1.29, 1.82) is 0 Å². The van der Waals surface area contributed by atoms with Crippen LogP contribution in [0, 0.1) is 17.0 Å². The average Bonchev–Trinajstić information content (AvgIpc) is 3.73. The summed E-state index contributed by atoms with van der Waals surface area (Å²) in [5.74, 6) is 0.423. The molecule has 1 aromatic carbocycles. The third-order valence-electron chi connectivity index (χ3n) is 7.55. The van der Waals surface area contributed by atoms with E-state index in [0.29, 0.717) is 29.9 Å². The van der Waals surface area contributed by atoms with E-state index in [4.69, 9.17) is 9.63 Å². The lowest BCUT2D eigenvalue weighted by molar-refractivity contribution is -0.129. The van der Waals surface area contributed by atoms with Gasteiger partial charge in [0.15, 0.2) is 5.82 Å². The van der Waals surface area contributed by atoms with Gasteiger partial charge in [0.1, 0.15) is 11.6 Å². The van der Waals surface area contributed by atoms with E-state index >= 15 is 0 Å². The van der Waals surface area contributed by atoms with E-state index in [9.17, 15) is 18.4 Å². The topological polar surface area (TPSA) is 141 Å². The number of rotatable bonds is 6. The molecule has 12 nitrogen and oxygen atoms in total. The second-order valence-electron chi connectivity index (χ2n) is 11.8. The quantitative estimate of drug-likeness (QED) is 0.416. The number of benzene rings is 1. The number of carbonyl (C=O) groups excluding carboxylic acids is 2. The minimum absolute atomic E-state index is 0.0443. The zero-order valence-electron chi connectivity index (χ0n) is 26.8. The third-order valence-corrected chi connectivity index (χ3v) is 7.55. The predicted octanol–water partition coefficient (Wildman–Crippen LogP) is 3.48. The summed E-state index contributed by atoms with van der Waals surface area (Å²) < 4.78 is 29.2. The zero-order chi connectivity index (χ0) is 33.1. The van der Waals surface area contributed by atoms with Crippen LogP contribution in [0.5, 0.6) is 0 Å². The number of piperidine rings is 1. The highest BCUT2D eigenvalue weighted by Gasteiger charge is 2.31. The Bertz CT molecular complexity index is 1340. The summed E-state index contributed by atoms with van der Waals surface area (Å²) in [6.07, 6.45) is 6.42. The Morgan fingerprint density at radius 2 is 1.56 bits per heavy atom. The molecule has 246 valence electrons. The molecule has 2 saturated heterocycles. The molecule has 0 saturated carbocycles. The molecule has 2 aliphatic heterocycles. The van der Waals surface area contributed by atoms with Gasteiger partial charge in [0.2, 0.25) is 11.9 Å². The van der Waals surface area contributed by atoms with Crippen molar-refractivity contribution in [2.45, 2.75) is 65.5 Å². The number of aryl methyl sites for hydroxylation is 1. The van der Waals surface area contributed by atoms with Gasteiger partial charge < -0.3 is 29.6 Å². The van der Waals surface area contributed by atoms with Crippen LogP contribution in [-0.4, -0.2) is 94.3 Å². The number of hydrogen-bond donors (Lipinski definition) is 2. The maximum Gasteiger partial charge on any atom is 0.324 e. The Morgan fingerprint density at radius 3 is 2.07 bits per heavy atom. The molecule has 0 aliphatic carbocycles. The standard InChI is InChI=1S/C24H36N8O3.C6H4F2.CH4O/c1-6-19-28-23(35-29-19)31-11-8-18(9-12-31)30(5)20(33)16-13-25-22(26-14-16)32-10-7-17(15-32)27-21(34)24(2,3)4;7-5-1-2-6(8)4-3-5;1-2/h13-14,17-18H,6-12,15H2,1-5H3,(H,27,34);1-4H;2H,1H3. The van der Waals surface area contributed by atoms with Crippen LogP contribution in [0.4, 0.5) is 20.7 Å². The summed E-state index contributed by atoms with van der Waals surface area (Å²) in [6.45, 7) is 10.6. The van der Waals surface area contributed by atoms with E-state index in [-0.39, 0.29) is 23.9 Å². The molecule has 14 heteroatoms. The van der Waals surface area contributed by atoms with E-state index in [1.807, 2.05) is 39.6 Å². The molecule has 2 fully saturated rings. The molecular formula is C31H44F2N8O4. The van der Waals surface area contributed by atoms with Gasteiger partial charge in [-0.25, -0.2) is 18.7 Å². The predicted molar refractivity (Wildman–Crippen MR) is 166 cm³/mol. The molecule has 5 rings (SSSR count). The number of aliphatic hydroxyl groups excluding tert-OH is 1. The van der Waals surface area contributed by atoms with E-state index in [0.717, 1.165) is 76.7 Å². The smallest absolute Gasteiger partial charge is 0.324 e. The highest BCUT2D eigenvalue weighted by molar-refractivity contribution is 5.93. The molecule has 0 bridgehead atoms. The fourth-order valence-electron chi connectivity index (χ4n) is 4.82. The first-order chi connectivity index (χ1) is 21.4. The van der Waals surface area contributed by atoms with Crippen molar-refractivity contribution in [1.82, 2.24) is 30.3 Å². The van der Waals surface area contributed by atoms with Gasteiger partial charge in [0.05, 0.1) is 5.56 Å². The Kier molecular flexibility index (Phi) is 12.7. The van der Waals surface area contributed by atoms with Crippen LogP contribution in [0.25, 0.3) is 0 Å². The van der Waals surface area contributed by atoms with Gasteiger partial charge in [0, 0.05) is 76.6 Å². The van der Waals surface area contributed by atoms with E-state index in [2.05, 4.69) is 30.3 Å². The molecule has 4 heterocycles. The number of halogens is 2. The summed E-state index contributed by atoms with van der Waals surface area (Å²) in [6, 6.07) is 5.07. The lowest BCUT2D eigenvalue weighted by atomic mass is 9.95. The number of carbonyl (C=O) groups is 2. The first-order valence-corrected chi connectivity index (χ1v) is 15.0. The summed E-state index contributed by atoms with van der Waals surface area (Å²) in [7, 11) is 2.83. The highest BCUT2D eigenvalue weighted by Crippen LogP contribution is 2.23. The number of nitrogens with zero attached hydrogens (tertiary/aromatic N) is 7. The average molecular weight is 631 g/mol. The van der Waals surface area contributed by atoms with Crippen molar-refractivity contribution in [2.24, 2.45) is 5.41 Å². The number of aliphatic hydroxyl groups is 1. The minimum atomic E-state index is -0.417. The molecule has 2 amide bonds. The lowest BCUT2D eigenvalue weighted by Crippen LogP contribution is -2.45. The molecule has 45 heavy (non-hydrogen) atoms. The van der Waals surface area contributed by atoms with Gasteiger partial charge in [-0.05, 0) is 43.5 Å². The second-order valence-corrected chi connectivity index (χ2v) is 11.8. The minimum Gasteiger partial charge on any atom is -0.400 e. The fraction of sp³-hybridized carbons (Fsp3) is 0.548. The summed E-state index contributed by atoms with van der Waals surface area (Å²) in [5, 5.41) is 14.1. The molecule has 1 unspecified atom stereocenters. The molecule has 2 aromatic heterocycles. The molecule has 2 aliphatic rings. The van der Waals surface area contributed by atoms with Gasteiger partial charge in [-0.3, -0.25) is 9.59 Å². The van der Waals surface area contributed by atoms with Crippen LogP contribution in [0.3, 0.4) is 0 Å². The Hall–Kier alpha value is -4.20. The van der Waals surface area contributed by atoms with Gasteiger partial charge in [-0.1, -0.05) is 32.9 Å². The van der Waals surface area contributed by atoms with Crippen LogP contribution >= 0.6 is 0 Å². The molecule has 3 aromatic rings. The second kappa shape index (κ2) is 16.2. The van der Waals surface area contributed by atoms with Gasteiger partial charge in [0.25, 0.3) is 5.91 Å². The van der Waals surface area contributed by atoms with Crippen LogP contribution < -0.4 is 15.1 Å². The molecule has 0 radical (unpaired) electrons. The van der Waals surface area contributed by atoms with E-state index in [1.165, 1.54) is 0 Å². The maximum absolute atomic E-state index is 13.1. The van der Waals surface area contributed by atoms with Gasteiger partial charge >= 0.3 is 6.01 Å². The van der Waals surface area contributed by atoms with Crippen molar-refractivity contribution >= 4 is 23.8 Å². The summed E-state index contributed by atoms with van der Waals surface area (Å²) in [4.78, 5) is 44.5. The van der Waals surface area contributed by atoms with Crippen molar-refractivity contribution in [3.63, 3.8) is 0 Å². The van der Waals surface area contributed by atoms with Crippen LogP contribution in [0.2, 0.25) is 0 Å². The molecular weight excluding hydrogens is 586 g/mol. The summed E-state index contributed by atoms with van der Waals surface area (Å²) >= 11 is 0. The van der Waals surface area contributed by atoms with Crippen LogP contribution in [-0.2, 0) is 11.2 Å². The summed E-state index contributed by atoms with van der Waals surface area (Å²) in [5.41, 5.74) is 0.0555. The van der Waals surface area contributed by atoms with Crippen molar-refractivity contribution in [3.05, 3.63) is 59.7 Å².